The molecule has 1 N–H and O–H groups in total. The SMILES string of the molecule is C=CC(=O)N1CCCc2c(C(=O)NCc3noc(-c4cccc(Br)c4)n3)cccc21. The molecule has 2 aromatic carbocycles. The van der Waals surface area contributed by atoms with Crippen LogP contribution in [0.25, 0.3) is 11.5 Å². The highest BCUT2D eigenvalue weighted by atomic mass is 79.9. The minimum absolute atomic E-state index is 0.134. The van der Waals surface area contributed by atoms with E-state index in [1.165, 1.54) is 6.08 Å². The van der Waals surface area contributed by atoms with Crippen LogP contribution >= 0.6 is 15.9 Å². The Hall–Kier alpha value is -3.26. The van der Waals surface area contributed by atoms with Crippen LogP contribution in [0.5, 0.6) is 0 Å². The van der Waals surface area contributed by atoms with Gasteiger partial charge in [-0.05, 0) is 54.8 Å². The van der Waals surface area contributed by atoms with Crippen molar-refractivity contribution in [2.45, 2.75) is 19.4 Å². The fraction of sp³-hybridized carbons (Fsp3) is 0.182. The summed E-state index contributed by atoms with van der Waals surface area (Å²) in [6.45, 7) is 4.31. The number of hydrogen-bond acceptors (Lipinski definition) is 5. The zero-order chi connectivity index (χ0) is 21.1. The Morgan fingerprint density at radius 2 is 2.10 bits per heavy atom. The molecule has 2 heterocycles. The molecule has 3 aromatic rings. The van der Waals surface area contributed by atoms with Crippen molar-refractivity contribution in [2.75, 3.05) is 11.4 Å². The number of anilines is 1. The normalized spacial score (nSPS) is 12.9. The van der Waals surface area contributed by atoms with Crippen LogP contribution < -0.4 is 10.2 Å². The van der Waals surface area contributed by atoms with Gasteiger partial charge < -0.3 is 14.7 Å². The second-order valence-electron chi connectivity index (χ2n) is 6.81. The topological polar surface area (TPSA) is 88.3 Å². The van der Waals surface area contributed by atoms with Gasteiger partial charge in [-0.1, -0.05) is 39.8 Å². The number of hydrogen-bond donors (Lipinski definition) is 1. The minimum Gasteiger partial charge on any atom is -0.345 e. The Kier molecular flexibility index (Phi) is 5.76. The molecule has 1 aliphatic rings. The van der Waals surface area contributed by atoms with E-state index in [0.717, 1.165) is 34.1 Å². The number of fused-ring (bicyclic) bond motifs is 1. The van der Waals surface area contributed by atoms with Gasteiger partial charge in [0.05, 0.1) is 6.54 Å². The molecule has 0 spiro atoms. The van der Waals surface area contributed by atoms with E-state index in [-0.39, 0.29) is 18.4 Å². The maximum Gasteiger partial charge on any atom is 0.258 e. The summed E-state index contributed by atoms with van der Waals surface area (Å²) in [7, 11) is 0. The lowest BCUT2D eigenvalue weighted by Gasteiger charge is -2.29. The van der Waals surface area contributed by atoms with Gasteiger partial charge in [-0.15, -0.1) is 0 Å². The van der Waals surface area contributed by atoms with Gasteiger partial charge in [0.25, 0.3) is 11.8 Å². The molecule has 0 radical (unpaired) electrons. The molecule has 2 amide bonds. The van der Waals surface area contributed by atoms with Crippen LogP contribution in [0.2, 0.25) is 0 Å². The molecule has 4 rings (SSSR count). The number of nitrogens with one attached hydrogen (secondary N) is 1. The zero-order valence-corrected chi connectivity index (χ0v) is 17.7. The minimum atomic E-state index is -0.242. The summed E-state index contributed by atoms with van der Waals surface area (Å²) < 4.78 is 6.21. The standard InChI is InChI=1S/C22H19BrN4O3/c1-2-20(28)27-11-5-9-16-17(8-4-10-18(16)27)21(29)24-13-19-25-22(30-26-19)14-6-3-7-15(23)12-14/h2-4,6-8,10,12H,1,5,9,11,13H2,(H,24,29). The second kappa shape index (κ2) is 8.62. The van der Waals surface area contributed by atoms with Gasteiger partial charge in [-0.3, -0.25) is 9.59 Å². The van der Waals surface area contributed by atoms with E-state index in [9.17, 15) is 9.59 Å². The lowest BCUT2D eigenvalue weighted by molar-refractivity contribution is -0.114. The largest absolute Gasteiger partial charge is 0.345 e. The third-order valence-corrected chi connectivity index (χ3v) is 5.38. The highest BCUT2D eigenvalue weighted by molar-refractivity contribution is 9.10. The van der Waals surface area contributed by atoms with E-state index in [4.69, 9.17) is 4.52 Å². The Morgan fingerprint density at radius 3 is 2.90 bits per heavy atom. The Bertz CT molecular complexity index is 1130. The van der Waals surface area contributed by atoms with Crippen molar-refractivity contribution < 1.29 is 14.1 Å². The van der Waals surface area contributed by atoms with Gasteiger partial charge in [0.2, 0.25) is 5.91 Å². The second-order valence-corrected chi connectivity index (χ2v) is 7.73. The van der Waals surface area contributed by atoms with E-state index in [1.807, 2.05) is 30.3 Å². The number of nitrogens with zero attached hydrogens (tertiary/aromatic N) is 3. The van der Waals surface area contributed by atoms with Crippen LogP contribution in [0.4, 0.5) is 5.69 Å². The first-order chi connectivity index (χ1) is 14.6. The summed E-state index contributed by atoms with van der Waals surface area (Å²) in [4.78, 5) is 31.0. The van der Waals surface area contributed by atoms with Gasteiger partial charge in [-0.25, -0.2) is 0 Å². The zero-order valence-electron chi connectivity index (χ0n) is 16.1. The molecule has 0 atom stereocenters. The van der Waals surface area contributed by atoms with Crippen LogP contribution in [-0.2, 0) is 17.8 Å². The number of halogens is 1. The molecule has 30 heavy (non-hydrogen) atoms. The molecule has 0 fully saturated rings. The molecule has 0 bridgehead atoms. The molecule has 1 aliphatic heterocycles. The predicted molar refractivity (Wildman–Crippen MR) is 116 cm³/mol. The van der Waals surface area contributed by atoms with E-state index in [0.29, 0.717) is 23.8 Å². The van der Waals surface area contributed by atoms with Crippen molar-refractivity contribution in [1.82, 2.24) is 15.5 Å². The van der Waals surface area contributed by atoms with Crippen molar-refractivity contribution >= 4 is 33.4 Å². The Morgan fingerprint density at radius 1 is 1.27 bits per heavy atom. The summed E-state index contributed by atoms with van der Waals surface area (Å²) in [5.74, 6) is 0.358. The number of carbonyl (C=O) groups is 2. The average molecular weight is 467 g/mol. The predicted octanol–water partition coefficient (Wildman–Crippen LogP) is 3.89. The van der Waals surface area contributed by atoms with Gasteiger partial charge in [0, 0.05) is 27.8 Å². The summed E-state index contributed by atoms with van der Waals surface area (Å²) in [5.41, 5.74) is 2.96. The van der Waals surface area contributed by atoms with Crippen molar-refractivity contribution in [1.29, 1.82) is 0 Å². The Balaban J connectivity index is 1.49. The first-order valence-corrected chi connectivity index (χ1v) is 10.3. The van der Waals surface area contributed by atoms with Gasteiger partial charge in [0.1, 0.15) is 0 Å². The van der Waals surface area contributed by atoms with Crippen molar-refractivity contribution in [3.63, 3.8) is 0 Å². The molecule has 0 saturated heterocycles. The summed E-state index contributed by atoms with van der Waals surface area (Å²) in [5, 5.41) is 6.78. The molecule has 1 aromatic heterocycles. The molecular formula is C22H19BrN4O3. The van der Waals surface area contributed by atoms with E-state index in [1.54, 1.807) is 17.0 Å². The fourth-order valence-electron chi connectivity index (χ4n) is 3.50. The highest BCUT2D eigenvalue weighted by Gasteiger charge is 2.25. The van der Waals surface area contributed by atoms with Crippen LogP contribution in [0.15, 0.2) is 64.1 Å². The van der Waals surface area contributed by atoms with E-state index in [2.05, 4.69) is 38.0 Å². The van der Waals surface area contributed by atoms with Crippen LogP contribution in [0.1, 0.15) is 28.2 Å². The number of aromatic nitrogens is 2. The first kappa shape index (κ1) is 20.0. The van der Waals surface area contributed by atoms with Crippen molar-refractivity contribution in [3.05, 3.63) is 76.5 Å². The maximum atomic E-state index is 12.8. The number of carbonyl (C=O) groups excluding carboxylic acids is 2. The fourth-order valence-corrected chi connectivity index (χ4v) is 3.89. The highest BCUT2D eigenvalue weighted by Crippen LogP contribution is 2.30. The molecule has 0 saturated carbocycles. The van der Waals surface area contributed by atoms with Gasteiger partial charge >= 0.3 is 0 Å². The van der Waals surface area contributed by atoms with E-state index < -0.39 is 0 Å². The van der Waals surface area contributed by atoms with Crippen LogP contribution in [-0.4, -0.2) is 28.5 Å². The molecule has 8 heteroatoms. The lowest BCUT2D eigenvalue weighted by Crippen LogP contribution is -2.35. The molecule has 7 nitrogen and oxygen atoms in total. The smallest absolute Gasteiger partial charge is 0.258 e. The molecular weight excluding hydrogens is 448 g/mol. The third-order valence-electron chi connectivity index (χ3n) is 4.88. The molecule has 152 valence electrons. The van der Waals surface area contributed by atoms with Crippen LogP contribution in [0, 0.1) is 0 Å². The summed E-state index contributed by atoms with van der Waals surface area (Å²) in [6, 6.07) is 12.9. The molecule has 0 aliphatic carbocycles. The first-order valence-electron chi connectivity index (χ1n) is 9.49. The Labute approximate surface area is 181 Å². The lowest BCUT2D eigenvalue weighted by atomic mass is 9.95. The number of benzene rings is 2. The molecule has 0 unspecified atom stereocenters. The van der Waals surface area contributed by atoms with Crippen molar-refractivity contribution in [3.8, 4) is 11.5 Å². The monoisotopic (exact) mass is 466 g/mol. The average Bonchev–Trinajstić information content (AvgIpc) is 3.25. The van der Waals surface area contributed by atoms with Gasteiger partial charge in [-0.2, -0.15) is 4.98 Å². The summed E-state index contributed by atoms with van der Waals surface area (Å²) in [6.07, 6.45) is 2.81. The summed E-state index contributed by atoms with van der Waals surface area (Å²) >= 11 is 3.41. The number of amides is 2. The maximum absolute atomic E-state index is 12.8. The number of rotatable bonds is 5. The van der Waals surface area contributed by atoms with Crippen LogP contribution in [0.3, 0.4) is 0 Å². The van der Waals surface area contributed by atoms with E-state index >= 15 is 0 Å². The van der Waals surface area contributed by atoms with Gasteiger partial charge in [0.15, 0.2) is 5.82 Å². The third kappa shape index (κ3) is 4.04. The van der Waals surface area contributed by atoms with Crippen molar-refractivity contribution in [2.24, 2.45) is 0 Å². The quantitative estimate of drug-likeness (QED) is 0.576.